The molecule has 12 nitrogen and oxygen atoms in total. The fourth-order valence-corrected chi connectivity index (χ4v) is 2.77. The zero-order valence-electron chi connectivity index (χ0n) is 15.2. The van der Waals surface area contributed by atoms with E-state index >= 15 is 0 Å². The van der Waals surface area contributed by atoms with Gasteiger partial charge in [-0.15, -0.1) is 5.10 Å². The monoisotopic (exact) mass is 399 g/mol. The third kappa shape index (κ3) is 5.32. The van der Waals surface area contributed by atoms with Crippen LogP contribution in [0.4, 0.5) is 0 Å². The van der Waals surface area contributed by atoms with Crippen molar-refractivity contribution in [2.24, 2.45) is 0 Å². The molecule has 5 N–H and O–H groups in total. The summed E-state index contributed by atoms with van der Waals surface area (Å²) in [5.74, 6) is 0. The molecule has 2 aromatic heterocycles. The number of H-pyrrole nitrogens is 1. The Balaban J connectivity index is 1.31. The summed E-state index contributed by atoms with van der Waals surface area (Å²) in [5, 5.41) is 46.5. The summed E-state index contributed by atoms with van der Waals surface area (Å²) in [4.78, 5) is 6.93. The van der Waals surface area contributed by atoms with E-state index in [1.165, 1.54) is 0 Å². The number of rotatable bonds is 10. The van der Waals surface area contributed by atoms with Gasteiger partial charge >= 0.3 is 0 Å². The molecule has 156 valence electrons. The SMILES string of the molecule is OCC1OC(OCCCOCc2cn(Cc3cnc[nH]3)nn2)C(O)C(O)C1O. The van der Waals surface area contributed by atoms with Gasteiger partial charge in [0, 0.05) is 12.8 Å². The fourth-order valence-electron chi connectivity index (χ4n) is 2.77. The van der Waals surface area contributed by atoms with Gasteiger partial charge in [0.15, 0.2) is 6.29 Å². The molecule has 12 heteroatoms. The predicted molar refractivity (Wildman–Crippen MR) is 91.7 cm³/mol. The van der Waals surface area contributed by atoms with Gasteiger partial charge in [0.2, 0.25) is 0 Å². The quantitative estimate of drug-likeness (QED) is 0.276. The molecule has 3 heterocycles. The largest absolute Gasteiger partial charge is 0.394 e. The van der Waals surface area contributed by atoms with E-state index in [9.17, 15) is 15.3 Å². The van der Waals surface area contributed by atoms with Crippen molar-refractivity contribution in [2.45, 2.75) is 50.3 Å². The molecule has 0 aliphatic carbocycles. The average Bonchev–Trinajstić information content (AvgIpc) is 3.37. The van der Waals surface area contributed by atoms with Crippen LogP contribution in [0.1, 0.15) is 17.8 Å². The normalized spacial score (nSPS) is 27.9. The summed E-state index contributed by atoms with van der Waals surface area (Å²) in [7, 11) is 0. The highest BCUT2D eigenvalue weighted by atomic mass is 16.7. The Morgan fingerprint density at radius 2 is 2.04 bits per heavy atom. The van der Waals surface area contributed by atoms with Gasteiger partial charge in [0.25, 0.3) is 0 Å². The summed E-state index contributed by atoms with van der Waals surface area (Å²) in [5.41, 5.74) is 1.61. The van der Waals surface area contributed by atoms with Gasteiger partial charge < -0.3 is 39.6 Å². The van der Waals surface area contributed by atoms with Crippen LogP contribution in [0.25, 0.3) is 0 Å². The molecule has 28 heavy (non-hydrogen) atoms. The molecule has 1 aliphatic rings. The van der Waals surface area contributed by atoms with Gasteiger partial charge in [-0.2, -0.15) is 0 Å². The lowest BCUT2D eigenvalue weighted by molar-refractivity contribution is -0.301. The van der Waals surface area contributed by atoms with E-state index in [0.29, 0.717) is 31.9 Å². The van der Waals surface area contributed by atoms with Gasteiger partial charge in [-0.1, -0.05) is 5.21 Å². The molecule has 5 unspecified atom stereocenters. The molecule has 0 saturated carbocycles. The number of aromatic nitrogens is 5. The van der Waals surface area contributed by atoms with Crippen molar-refractivity contribution in [1.29, 1.82) is 0 Å². The maximum absolute atomic E-state index is 9.87. The van der Waals surface area contributed by atoms with E-state index in [-0.39, 0.29) is 6.61 Å². The Labute approximate surface area is 160 Å². The van der Waals surface area contributed by atoms with E-state index < -0.39 is 37.3 Å². The molecule has 2 aromatic rings. The number of nitrogens with zero attached hydrogens (tertiary/aromatic N) is 4. The van der Waals surface area contributed by atoms with Crippen LogP contribution in [-0.4, -0.2) is 95.9 Å². The molecule has 0 bridgehead atoms. The van der Waals surface area contributed by atoms with Crippen LogP contribution in [0, 0.1) is 0 Å². The van der Waals surface area contributed by atoms with Crippen molar-refractivity contribution in [3.8, 4) is 0 Å². The third-order valence-corrected chi connectivity index (χ3v) is 4.29. The first-order chi connectivity index (χ1) is 13.6. The van der Waals surface area contributed by atoms with E-state index in [2.05, 4.69) is 20.3 Å². The minimum absolute atomic E-state index is 0.204. The Morgan fingerprint density at radius 3 is 2.79 bits per heavy atom. The van der Waals surface area contributed by atoms with Gasteiger partial charge in [-0.05, 0) is 6.42 Å². The standard InChI is InChI=1S/C16H25N5O7/c22-7-12-13(23)14(24)15(25)16(28-12)27-3-1-2-26-8-11-6-21(20-19-11)5-10-4-17-9-18-10/h4,6,9,12-16,22-25H,1-3,5,7-8H2,(H,17,18). The van der Waals surface area contributed by atoms with Crippen molar-refractivity contribution in [2.75, 3.05) is 19.8 Å². The molecule has 0 radical (unpaired) electrons. The van der Waals surface area contributed by atoms with Crippen LogP contribution >= 0.6 is 0 Å². The number of imidazole rings is 1. The Hall–Kier alpha value is -1.93. The van der Waals surface area contributed by atoms with Crippen LogP contribution < -0.4 is 0 Å². The fraction of sp³-hybridized carbons (Fsp3) is 0.688. The third-order valence-electron chi connectivity index (χ3n) is 4.29. The Kier molecular flexibility index (Phi) is 7.44. The van der Waals surface area contributed by atoms with Gasteiger partial charge in [-0.3, -0.25) is 0 Å². The molecule has 0 aromatic carbocycles. The Morgan fingerprint density at radius 1 is 1.18 bits per heavy atom. The van der Waals surface area contributed by atoms with Crippen LogP contribution in [0.15, 0.2) is 18.7 Å². The van der Waals surface area contributed by atoms with Gasteiger partial charge in [0.1, 0.15) is 30.1 Å². The van der Waals surface area contributed by atoms with Crippen molar-refractivity contribution in [3.05, 3.63) is 30.1 Å². The highest BCUT2D eigenvalue weighted by molar-refractivity contribution is 4.97. The number of hydrogen-bond donors (Lipinski definition) is 5. The van der Waals surface area contributed by atoms with E-state index in [1.54, 1.807) is 23.4 Å². The highest BCUT2D eigenvalue weighted by Crippen LogP contribution is 2.21. The lowest BCUT2D eigenvalue weighted by atomic mass is 9.99. The molecule has 0 spiro atoms. The lowest BCUT2D eigenvalue weighted by Crippen LogP contribution is -2.59. The number of nitrogens with one attached hydrogen (secondary N) is 1. The number of aliphatic hydroxyl groups is 4. The molecule has 0 amide bonds. The van der Waals surface area contributed by atoms with Crippen LogP contribution in [0.2, 0.25) is 0 Å². The minimum atomic E-state index is -1.45. The molecule has 5 atom stereocenters. The molecular formula is C16H25N5O7. The first-order valence-corrected chi connectivity index (χ1v) is 8.94. The maximum atomic E-state index is 9.87. The first kappa shape index (κ1) is 20.8. The molecule has 1 saturated heterocycles. The second kappa shape index (κ2) is 10.0. The maximum Gasteiger partial charge on any atom is 0.186 e. The molecule has 3 rings (SSSR count). The van der Waals surface area contributed by atoms with Gasteiger partial charge in [0.05, 0.1) is 44.6 Å². The topological polar surface area (TPSA) is 168 Å². The molecular weight excluding hydrogens is 374 g/mol. The summed E-state index contributed by atoms with van der Waals surface area (Å²) in [6, 6.07) is 0. The predicted octanol–water partition coefficient (Wildman–Crippen LogP) is -2.23. The number of aliphatic hydroxyl groups excluding tert-OH is 4. The van der Waals surface area contributed by atoms with Crippen molar-refractivity contribution in [1.82, 2.24) is 25.0 Å². The van der Waals surface area contributed by atoms with Crippen molar-refractivity contribution in [3.63, 3.8) is 0 Å². The Bertz CT molecular complexity index is 695. The molecule has 1 aliphatic heterocycles. The first-order valence-electron chi connectivity index (χ1n) is 8.94. The van der Waals surface area contributed by atoms with E-state index in [4.69, 9.17) is 19.3 Å². The summed E-state index contributed by atoms with van der Waals surface area (Å²) >= 11 is 0. The molecule has 1 fully saturated rings. The van der Waals surface area contributed by atoms with Crippen LogP contribution in [0.5, 0.6) is 0 Å². The van der Waals surface area contributed by atoms with Gasteiger partial charge in [-0.25, -0.2) is 9.67 Å². The lowest BCUT2D eigenvalue weighted by Gasteiger charge is -2.39. The van der Waals surface area contributed by atoms with Crippen LogP contribution in [-0.2, 0) is 27.4 Å². The smallest absolute Gasteiger partial charge is 0.186 e. The summed E-state index contributed by atoms with van der Waals surface area (Å²) in [6.07, 6.45) is -0.745. The number of aromatic amines is 1. The second-order valence-electron chi connectivity index (χ2n) is 6.46. The minimum Gasteiger partial charge on any atom is -0.394 e. The zero-order chi connectivity index (χ0) is 19.9. The number of hydrogen-bond acceptors (Lipinski definition) is 10. The van der Waals surface area contributed by atoms with Crippen LogP contribution in [0.3, 0.4) is 0 Å². The van der Waals surface area contributed by atoms with E-state index in [0.717, 1.165) is 5.69 Å². The summed E-state index contributed by atoms with van der Waals surface area (Å²) < 4.78 is 17.8. The van der Waals surface area contributed by atoms with E-state index in [1.807, 2.05) is 0 Å². The summed E-state index contributed by atoms with van der Waals surface area (Å²) in [6.45, 7) is 0.929. The number of ether oxygens (including phenoxy) is 3. The zero-order valence-corrected chi connectivity index (χ0v) is 15.2. The highest BCUT2D eigenvalue weighted by Gasteiger charge is 2.43. The van der Waals surface area contributed by atoms with Crippen molar-refractivity contribution >= 4 is 0 Å². The average molecular weight is 399 g/mol. The van der Waals surface area contributed by atoms with Crippen molar-refractivity contribution < 1.29 is 34.6 Å². The second-order valence-corrected chi connectivity index (χ2v) is 6.46.